The highest BCUT2D eigenvalue weighted by atomic mass is 16.4. The molecule has 0 aromatic heterocycles. The highest BCUT2D eigenvalue weighted by Gasteiger charge is 1.80. The van der Waals surface area contributed by atoms with E-state index in [1.165, 1.54) is 6.08 Å². The highest BCUT2D eigenvalue weighted by Crippen LogP contribution is 1.81. The molecule has 0 aliphatic carbocycles. The van der Waals surface area contributed by atoms with Crippen molar-refractivity contribution in [2.24, 2.45) is 0 Å². The van der Waals surface area contributed by atoms with E-state index in [-0.39, 0.29) is 0 Å². The van der Waals surface area contributed by atoms with Crippen LogP contribution in [-0.2, 0) is 4.79 Å². The highest BCUT2D eigenvalue weighted by molar-refractivity contribution is 5.79. The maximum absolute atomic E-state index is 9.75. The molecule has 0 aromatic rings. The van der Waals surface area contributed by atoms with Gasteiger partial charge in [0.1, 0.15) is 0 Å². The molecule has 0 radical (unpaired) electrons. The molecule has 2 nitrogen and oxygen atoms in total. The van der Waals surface area contributed by atoms with Crippen molar-refractivity contribution in [3.05, 3.63) is 24.8 Å². The summed E-state index contributed by atoms with van der Waals surface area (Å²) in [6.07, 6.45) is 4.89. The lowest BCUT2D eigenvalue weighted by molar-refractivity contribution is -0.131. The minimum Gasteiger partial charge on any atom is -0.478 e. The summed E-state index contributed by atoms with van der Waals surface area (Å²) in [5.41, 5.74) is 0. The molecule has 1 N–H and O–H groups in total. The molecule has 0 bridgehead atoms. The van der Waals surface area contributed by atoms with Gasteiger partial charge in [-0.3, -0.25) is 0 Å². The predicted molar refractivity (Wildman–Crippen MR) is 31.6 cm³/mol. The van der Waals surface area contributed by atoms with Crippen molar-refractivity contribution in [1.82, 2.24) is 0 Å². The molecule has 0 heterocycles. The molecule has 0 saturated carbocycles. The fraction of sp³-hybridized carbons (Fsp3) is 0.167. The quantitative estimate of drug-likeness (QED) is 0.440. The Balaban J connectivity index is 3.34. The van der Waals surface area contributed by atoms with Gasteiger partial charge in [-0.15, -0.1) is 6.58 Å². The van der Waals surface area contributed by atoms with Gasteiger partial charge >= 0.3 is 5.97 Å². The molecule has 0 fully saturated rings. The van der Waals surface area contributed by atoms with Crippen LogP contribution in [0.3, 0.4) is 0 Å². The molecule has 0 aliphatic heterocycles. The number of aliphatic carboxylic acids is 1. The van der Waals surface area contributed by atoms with E-state index in [9.17, 15) is 4.79 Å². The standard InChI is InChI=1S/C6H8O2/c1-2-3-4-5-6(7)8/h2,4-5H,1,3H2,(H,7,8)/b5-4+. The van der Waals surface area contributed by atoms with Gasteiger partial charge in [0.05, 0.1) is 0 Å². The first-order valence-corrected chi connectivity index (χ1v) is 2.27. The van der Waals surface area contributed by atoms with Crippen molar-refractivity contribution in [2.45, 2.75) is 6.42 Å². The Bertz CT molecular complexity index is 114. The number of hydrogen-bond acceptors (Lipinski definition) is 1. The van der Waals surface area contributed by atoms with Gasteiger partial charge in [0.15, 0.2) is 0 Å². The van der Waals surface area contributed by atoms with Gasteiger partial charge in [-0.1, -0.05) is 12.2 Å². The molecule has 0 saturated heterocycles. The van der Waals surface area contributed by atoms with Gasteiger partial charge in [-0.05, 0) is 6.42 Å². The summed E-state index contributed by atoms with van der Waals surface area (Å²) in [5.74, 6) is -0.910. The molecule has 0 amide bonds. The Labute approximate surface area is 48.1 Å². The number of hydrogen-bond donors (Lipinski definition) is 1. The van der Waals surface area contributed by atoms with Crippen LogP contribution < -0.4 is 0 Å². The third-order valence-electron chi connectivity index (χ3n) is 0.563. The first-order chi connectivity index (χ1) is 3.77. The van der Waals surface area contributed by atoms with Gasteiger partial charge in [0.25, 0.3) is 0 Å². The average Bonchev–Trinajstić information content (AvgIpc) is 1.66. The van der Waals surface area contributed by atoms with Crippen molar-refractivity contribution < 1.29 is 9.90 Å². The lowest BCUT2D eigenvalue weighted by Crippen LogP contribution is -1.84. The molecule has 44 valence electrons. The van der Waals surface area contributed by atoms with Crippen LogP contribution in [0.1, 0.15) is 6.42 Å². The fourth-order valence-corrected chi connectivity index (χ4v) is 0.265. The summed E-state index contributed by atoms with van der Waals surface area (Å²) in [6, 6.07) is 0. The zero-order chi connectivity index (χ0) is 6.41. The van der Waals surface area contributed by atoms with E-state index in [1.54, 1.807) is 6.08 Å². The summed E-state index contributed by atoms with van der Waals surface area (Å²) in [5, 5.41) is 8.02. The van der Waals surface area contributed by atoms with E-state index >= 15 is 0 Å². The minimum absolute atomic E-state index is 0.617. The predicted octanol–water partition coefficient (Wildman–Crippen LogP) is 1.20. The summed E-state index contributed by atoms with van der Waals surface area (Å²) < 4.78 is 0. The van der Waals surface area contributed by atoms with E-state index in [2.05, 4.69) is 6.58 Å². The third-order valence-corrected chi connectivity index (χ3v) is 0.563. The van der Waals surface area contributed by atoms with Gasteiger partial charge < -0.3 is 5.11 Å². The van der Waals surface area contributed by atoms with E-state index in [0.29, 0.717) is 6.42 Å². The number of carboxylic acid groups (broad SMARTS) is 1. The summed E-state index contributed by atoms with van der Waals surface area (Å²) in [6.45, 7) is 3.41. The lowest BCUT2D eigenvalue weighted by Gasteiger charge is -1.75. The molecular weight excluding hydrogens is 104 g/mol. The van der Waals surface area contributed by atoms with Crippen LogP contribution in [-0.4, -0.2) is 11.1 Å². The van der Waals surface area contributed by atoms with Crippen LogP contribution in [0.25, 0.3) is 0 Å². The van der Waals surface area contributed by atoms with Crippen LogP contribution in [0.5, 0.6) is 0 Å². The molecular formula is C6H8O2. The lowest BCUT2D eigenvalue weighted by atomic mass is 10.4. The largest absolute Gasteiger partial charge is 0.478 e. The monoisotopic (exact) mass is 112 g/mol. The van der Waals surface area contributed by atoms with E-state index in [4.69, 9.17) is 5.11 Å². The summed E-state index contributed by atoms with van der Waals surface area (Å²) in [4.78, 5) is 9.75. The number of allylic oxidation sites excluding steroid dienone is 2. The Hall–Kier alpha value is -1.05. The number of carbonyl (C=O) groups is 1. The van der Waals surface area contributed by atoms with Crippen molar-refractivity contribution in [2.75, 3.05) is 0 Å². The zero-order valence-electron chi connectivity index (χ0n) is 4.50. The molecule has 0 rings (SSSR count). The second-order valence-corrected chi connectivity index (χ2v) is 1.26. The average molecular weight is 112 g/mol. The van der Waals surface area contributed by atoms with Gasteiger partial charge in [0, 0.05) is 6.08 Å². The topological polar surface area (TPSA) is 37.3 Å². The van der Waals surface area contributed by atoms with E-state index in [1.807, 2.05) is 0 Å². The van der Waals surface area contributed by atoms with Crippen molar-refractivity contribution in [3.63, 3.8) is 0 Å². The number of rotatable bonds is 3. The van der Waals surface area contributed by atoms with Crippen LogP contribution >= 0.6 is 0 Å². The molecule has 0 unspecified atom stereocenters. The molecule has 0 atom stereocenters. The first-order valence-electron chi connectivity index (χ1n) is 2.27. The Morgan fingerprint density at radius 2 is 2.38 bits per heavy atom. The smallest absolute Gasteiger partial charge is 0.327 e. The maximum Gasteiger partial charge on any atom is 0.327 e. The van der Waals surface area contributed by atoms with Crippen LogP contribution in [0, 0.1) is 0 Å². The maximum atomic E-state index is 9.75. The normalized spacial score (nSPS) is 9.50. The molecule has 0 aromatic carbocycles. The second kappa shape index (κ2) is 4.12. The van der Waals surface area contributed by atoms with Crippen LogP contribution in [0.2, 0.25) is 0 Å². The molecule has 2 heteroatoms. The molecule has 0 spiro atoms. The Kier molecular flexibility index (Phi) is 3.58. The van der Waals surface area contributed by atoms with Crippen LogP contribution in [0.4, 0.5) is 0 Å². The second-order valence-electron chi connectivity index (χ2n) is 1.26. The first kappa shape index (κ1) is 6.95. The Morgan fingerprint density at radius 3 is 2.75 bits per heavy atom. The summed E-state index contributed by atoms with van der Waals surface area (Å²) in [7, 11) is 0. The SMILES string of the molecule is C=CC/C=C/C(=O)O. The van der Waals surface area contributed by atoms with Crippen molar-refractivity contribution >= 4 is 5.97 Å². The number of carboxylic acids is 1. The molecule has 8 heavy (non-hydrogen) atoms. The minimum atomic E-state index is -0.910. The van der Waals surface area contributed by atoms with E-state index in [0.717, 1.165) is 6.08 Å². The van der Waals surface area contributed by atoms with E-state index < -0.39 is 5.97 Å². The zero-order valence-corrected chi connectivity index (χ0v) is 4.50. The van der Waals surface area contributed by atoms with Crippen molar-refractivity contribution in [3.8, 4) is 0 Å². The van der Waals surface area contributed by atoms with Gasteiger partial charge in [0.2, 0.25) is 0 Å². The van der Waals surface area contributed by atoms with Gasteiger partial charge in [-0.2, -0.15) is 0 Å². The van der Waals surface area contributed by atoms with Crippen LogP contribution in [0.15, 0.2) is 24.8 Å². The van der Waals surface area contributed by atoms with Gasteiger partial charge in [-0.25, -0.2) is 4.79 Å². The third kappa shape index (κ3) is 4.95. The molecule has 0 aliphatic rings. The fourth-order valence-electron chi connectivity index (χ4n) is 0.265. The summed E-state index contributed by atoms with van der Waals surface area (Å²) >= 11 is 0. The van der Waals surface area contributed by atoms with Crippen molar-refractivity contribution in [1.29, 1.82) is 0 Å². The Morgan fingerprint density at radius 1 is 1.75 bits per heavy atom.